The molecule has 0 bridgehead atoms. The Morgan fingerprint density at radius 3 is 2.14 bits per heavy atom. The van der Waals surface area contributed by atoms with Crippen LogP contribution in [-0.2, 0) is 11.3 Å². The van der Waals surface area contributed by atoms with Crippen molar-refractivity contribution in [3.05, 3.63) is 59.7 Å². The molecule has 0 atom stereocenters. The van der Waals surface area contributed by atoms with Gasteiger partial charge in [-0.25, -0.2) is 0 Å². The second-order valence-corrected chi connectivity index (χ2v) is 9.27. The zero-order valence-electron chi connectivity index (χ0n) is 18.8. The van der Waals surface area contributed by atoms with Gasteiger partial charge in [-0.3, -0.25) is 0 Å². The second kappa shape index (κ2) is 12.4. The Morgan fingerprint density at radius 1 is 0.862 bits per heavy atom. The molecule has 0 aliphatic heterocycles. The van der Waals surface area contributed by atoms with Gasteiger partial charge in [0, 0.05) is 0 Å². The van der Waals surface area contributed by atoms with Crippen molar-refractivity contribution in [3.63, 3.8) is 0 Å². The molecule has 2 aliphatic carbocycles. The summed E-state index contributed by atoms with van der Waals surface area (Å²) in [5.41, 5.74) is 2.85. The van der Waals surface area contributed by atoms with Crippen LogP contribution in [0.25, 0.3) is 0 Å². The highest BCUT2D eigenvalue weighted by Gasteiger charge is 2.30. The first-order valence-electron chi connectivity index (χ1n) is 12.2. The minimum atomic E-state index is 0.737. The average Bonchev–Trinajstić information content (AvgIpc) is 2.78. The quantitative estimate of drug-likeness (QED) is 0.303. The average molecular weight is 395 g/mol. The Morgan fingerprint density at radius 2 is 1.52 bits per heavy atom. The van der Waals surface area contributed by atoms with Gasteiger partial charge in [0.05, 0.1) is 13.2 Å². The number of hydrogen-bond donors (Lipinski definition) is 0. The van der Waals surface area contributed by atoms with Crippen LogP contribution >= 0.6 is 0 Å². The van der Waals surface area contributed by atoms with E-state index < -0.39 is 0 Å². The van der Waals surface area contributed by atoms with Crippen LogP contribution in [0.1, 0.15) is 95.1 Å². The van der Waals surface area contributed by atoms with E-state index in [1.807, 2.05) is 0 Å². The van der Waals surface area contributed by atoms with E-state index in [1.54, 1.807) is 5.56 Å². The van der Waals surface area contributed by atoms with Crippen molar-refractivity contribution in [3.8, 4) is 0 Å². The normalized spacial score (nSPS) is 28.3. The zero-order chi connectivity index (χ0) is 20.3. The molecule has 0 radical (unpaired) electrons. The van der Waals surface area contributed by atoms with Gasteiger partial charge in [0.25, 0.3) is 0 Å². The summed E-state index contributed by atoms with van der Waals surface area (Å²) >= 11 is 0. The topological polar surface area (TPSA) is 9.23 Å². The van der Waals surface area contributed by atoms with Crippen LogP contribution in [0.2, 0.25) is 0 Å². The van der Waals surface area contributed by atoms with E-state index in [9.17, 15) is 0 Å². The largest absolute Gasteiger partial charge is 0.376 e. The first kappa shape index (κ1) is 22.3. The molecule has 1 aromatic rings. The summed E-state index contributed by atoms with van der Waals surface area (Å²) < 4.78 is 5.76. The van der Waals surface area contributed by atoms with Crippen molar-refractivity contribution >= 4 is 0 Å². The van der Waals surface area contributed by atoms with E-state index >= 15 is 0 Å². The molecule has 2 fully saturated rings. The fourth-order valence-electron chi connectivity index (χ4n) is 5.46. The third-order valence-corrected chi connectivity index (χ3v) is 7.28. The van der Waals surface area contributed by atoms with Gasteiger partial charge < -0.3 is 4.74 Å². The van der Waals surface area contributed by atoms with Crippen molar-refractivity contribution in [2.75, 3.05) is 6.61 Å². The highest BCUT2D eigenvalue weighted by molar-refractivity contribution is 5.25. The molecule has 0 aromatic heterocycles. The molecule has 0 N–H and O–H groups in total. The molecular weight excluding hydrogens is 352 g/mol. The number of ether oxygens (including phenoxy) is 1. The monoisotopic (exact) mass is 394 g/mol. The van der Waals surface area contributed by atoms with Gasteiger partial charge in [-0.2, -0.15) is 0 Å². The lowest BCUT2D eigenvalue weighted by Gasteiger charge is -2.37. The molecule has 1 aromatic carbocycles. The summed E-state index contributed by atoms with van der Waals surface area (Å²) in [5.74, 6) is 3.64. The lowest BCUT2D eigenvalue weighted by atomic mass is 9.68. The molecule has 3 rings (SSSR count). The van der Waals surface area contributed by atoms with Gasteiger partial charge in [-0.15, -0.1) is 0 Å². The molecule has 0 unspecified atom stereocenters. The fraction of sp³-hybridized carbons (Fsp3) is 0.643. The van der Waals surface area contributed by atoms with Gasteiger partial charge >= 0.3 is 0 Å². The Balaban J connectivity index is 1.38. The Bertz CT molecular complexity index is 610. The predicted molar refractivity (Wildman–Crippen MR) is 125 cm³/mol. The summed E-state index contributed by atoms with van der Waals surface area (Å²) in [6.07, 6.45) is 22.8. The predicted octanol–water partition coefficient (Wildman–Crippen LogP) is 8.22. The summed E-state index contributed by atoms with van der Waals surface area (Å²) in [4.78, 5) is 0. The lowest BCUT2D eigenvalue weighted by molar-refractivity contribution is 0.125. The third-order valence-electron chi connectivity index (χ3n) is 7.28. The van der Waals surface area contributed by atoms with E-state index in [2.05, 4.69) is 62.4 Å². The van der Waals surface area contributed by atoms with Gasteiger partial charge in [0.15, 0.2) is 0 Å². The van der Waals surface area contributed by atoms with Gasteiger partial charge in [0.2, 0.25) is 0 Å². The van der Waals surface area contributed by atoms with Crippen molar-refractivity contribution in [2.45, 2.75) is 90.6 Å². The highest BCUT2D eigenvalue weighted by atomic mass is 16.5. The Hall–Kier alpha value is -1.34. The molecule has 2 aliphatic rings. The molecule has 29 heavy (non-hydrogen) atoms. The van der Waals surface area contributed by atoms with E-state index in [0.29, 0.717) is 0 Å². The van der Waals surface area contributed by atoms with E-state index in [-0.39, 0.29) is 0 Å². The Labute approximate surface area is 179 Å². The van der Waals surface area contributed by atoms with Gasteiger partial charge in [-0.05, 0) is 106 Å². The second-order valence-electron chi connectivity index (χ2n) is 9.27. The van der Waals surface area contributed by atoms with Crippen LogP contribution < -0.4 is 0 Å². The summed E-state index contributed by atoms with van der Waals surface area (Å²) in [5, 5.41) is 0. The molecule has 1 nitrogen and oxygen atoms in total. The van der Waals surface area contributed by atoms with Crippen molar-refractivity contribution in [2.24, 2.45) is 17.8 Å². The molecule has 0 saturated heterocycles. The maximum Gasteiger partial charge on any atom is 0.0717 e. The van der Waals surface area contributed by atoms with E-state index in [1.165, 1.54) is 63.4 Å². The van der Waals surface area contributed by atoms with Gasteiger partial charge in [-0.1, -0.05) is 55.5 Å². The maximum atomic E-state index is 5.76. The van der Waals surface area contributed by atoms with Crippen LogP contribution in [0, 0.1) is 17.8 Å². The van der Waals surface area contributed by atoms with Crippen LogP contribution in [0.3, 0.4) is 0 Å². The molecule has 1 heteroatoms. The smallest absolute Gasteiger partial charge is 0.0717 e. The van der Waals surface area contributed by atoms with E-state index in [0.717, 1.165) is 43.3 Å². The number of benzene rings is 1. The molecule has 0 amide bonds. The standard InChI is InChI=1S/C28H42O/c1-3-5-7-21-29-22-24-11-15-26(16-12-24)28-19-17-27(18-20-28)25-13-9-23(10-14-25)8-6-4-2/h3,5-6,8,11-12,15-16,23,25,27-28H,4,7,9-10,13-14,17-22H2,1-2H3/t23-,25-,27-,28-. The van der Waals surface area contributed by atoms with Crippen LogP contribution in [0.5, 0.6) is 0 Å². The highest BCUT2D eigenvalue weighted by Crippen LogP contribution is 2.44. The number of hydrogen-bond acceptors (Lipinski definition) is 1. The SMILES string of the molecule is CC=CCCOCc1ccc([C@H]2CC[C@H]([C@H]3CC[C@H](C=CCC)CC3)CC2)cc1. The fourth-order valence-corrected chi connectivity index (χ4v) is 5.46. The first-order chi connectivity index (χ1) is 14.3. The summed E-state index contributed by atoms with van der Waals surface area (Å²) in [6, 6.07) is 9.28. The van der Waals surface area contributed by atoms with Crippen molar-refractivity contribution < 1.29 is 4.74 Å². The minimum Gasteiger partial charge on any atom is -0.376 e. The van der Waals surface area contributed by atoms with Gasteiger partial charge in [0.1, 0.15) is 0 Å². The summed E-state index contributed by atoms with van der Waals surface area (Å²) in [7, 11) is 0. The molecule has 160 valence electrons. The third kappa shape index (κ3) is 7.14. The number of rotatable bonds is 9. The molecule has 2 saturated carbocycles. The summed E-state index contributed by atoms with van der Waals surface area (Å²) in [6.45, 7) is 5.85. The molecule has 0 heterocycles. The van der Waals surface area contributed by atoms with Crippen LogP contribution in [0.4, 0.5) is 0 Å². The van der Waals surface area contributed by atoms with E-state index in [4.69, 9.17) is 4.74 Å². The minimum absolute atomic E-state index is 0.737. The molecular formula is C28H42O. The lowest BCUT2D eigenvalue weighted by Crippen LogP contribution is -2.25. The van der Waals surface area contributed by atoms with Crippen LogP contribution in [0.15, 0.2) is 48.6 Å². The van der Waals surface area contributed by atoms with Crippen LogP contribution in [-0.4, -0.2) is 6.61 Å². The number of allylic oxidation sites excluding steroid dienone is 3. The van der Waals surface area contributed by atoms with Crippen molar-refractivity contribution in [1.82, 2.24) is 0 Å². The maximum absolute atomic E-state index is 5.76. The first-order valence-corrected chi connectivity index (χ1v) is 12.2. The van der Waals surface area contributed by atoms with Crippen molar-refractivity contribution in [1.29, 1.82) is 0 Å². The zero-order valence-corrected chi connectivity index (χ0v) is 18.8. The Kier molecular flexibility index (Phi) is 9.54. The molecule has 0 spiro atoms.